The Morgan fingerprint density at radius 1 is 1.37 bits per heavy atom. The van der Waals surface area contributed by atoms with Crippen LogP contribution in [0.25, 0.3) is 0 Å². The number of methoxy groups -OCH3 is 1. The van der Waals surface area contributed by atoms with E-state index in [1.807, 2.05) is 12.1 Å². The number of carbonyl (C=O) groups is 1. The molecule has 100 valence electrons. The first-order valence-corrected chi connectivity index (χ1v) is 5.63. The zero-order valence-electron chi connectivity index (χ0n) is 10.3. The van der Waals surface area contributed by atoms with Crippen LogP contribution in [0, 0.1) is 0 Å². The van der Waals surface area contributed by atoms with Crippen LogP contribution in [0.2, 0.25) is 0 Å². The van der Waals surface area contributed by atoms with Crippen molar-refractivity contribution in [2.24, 2.45) is 0 Å². The molecule has 19 heavy (non-hydrogen) atoms. The molecule has 0 bridgehead atoms. The maximum atomic E-state index is 10.6. The van der Waals surface area contributed by atoms with Gasteiger partial charge in [0.25, 0.3) is 0 Å². The quantitative estimate of drug-likeness (QED) is 0.861. The minimum atomic E-state index is -1.16. The fourth-order valence-electron chi connectivity index (χ4n) is 1.45. The first-order chi connectivity index (χ1) is 9.19. The Bertz CT molecular complexity index is 546. The second-order valence-electron chi connectivity index (χ2n) is 3.79. The molecule has 0 amide bonds. The SMILES string of the molecule is COCCc1ccc(Oc2nc(C(=O)O)co2)cc1. The number of benzene rings is 1. The smallest absolute Gasteiger partial charge is 0.399 e. The van der Waals surface area contributed by atoms with E-state index in [9.17, 15) is 4.79 Å². The zero-order chi connectivity index (χ0) is 13.7. The van der Waals surface area contributed by atoms with Crippen LogP contribution in [0.1, 0.15) is 16.1 Å². The van der Waals surface area contributed by atoms with Crippen LogP contribution < -0.4 is 4.74 Å². The molecular weight excluding hydrogens is 250 g/mol. The fraction of sp³-hybridized carbons (Fsp3) is 0.231. The van der Waals surface area contributed by atoms with Crippen molar-refractivity contribution < 1.29 is 23.8 Å². The molecule has 0 atom stereocenters. The van der Waals surface area contributed by atoms with Gasteiger partial charge in [0.05, 0.1) is 6.61 Å². The van der Waals surface area contributed by atoms with Gasteiger partial charge in [-0.05, 0) is 24.1 Å². The summed E-state index contributed by atoms with van der Waals surface area (Å²) in [5.41, 5.74) is 0.930. The molecule has 0 saturated carbocycles. The lowest BCUT2D eigenvalue weighted by atomic mass is 10.1. The Hall–Kier alpha value is -2.34. The lowest BCUT2D eigenvalue weighted by molar-refractivity contribution is 0.0690. The molecule has 0 spiro atoms. The van der Waals surface area contributed by atoms with E-state index in [0.29, 0.717) is 12.4 Å². The van der Waals surface area contributed by atoms with Crippen molar-refractivity contribution in [1.29, 1.82) is 0 Å². The van der Waals surface area contributed by atoms with E-state index < -0.39 is 5.97 Å². The van der Waals surface area contributed by atoms with Gasteiger partial charge in [0.2, 0.25) is 0 Å². The van der Waals surface area contributed by atoms with Crippen molar-refractivity contribution in [3.63, 3.8) is 0 Å². The highest BCUT2D eigenvalue weighted by molar-refractivity contribution is 5.84. The Balaban J connectivity index is 2.00. The van der Waals surface area contributed by atoms with E-state index in [-0.39, 0.29) is 11.8 Å². The predicted octanol–water partition coefficient (Wildman–Crippen LogP) is 2.35. The lowest BCUT2D eigenvalue weighted by Crippen LogP contribution is -1.96. The summed E-state index contributed by atoms with van der Waals surface area (Å²) < 4.78 is 15.2. The maximum Gasteiger partial charge on any atom is 0.399 e. The first kappa shape index (κ1) is 13.1. The molecule has 1 aromatic heterocycles. The zero-order valence-corrected chi connectivity index (χ0v) is 10.3. The third kappa shape index (κ3) is 3.56. The normalized spacial score (nSPS) is 10.4. The number of hydrogen-bond donors (Lipinski definition) is 1. The van der Waals surface area contributed by atoms with E-state index in [2.05, 4.69) is 4.98 Å². The number of hydrogen-bond acceptors (Lipinski definition) is 5. The summed E-state index contributed by atoms with van der Waals surface area (Å²) >= 11 is 0. The summed E-state index contributed by atoms with van der Waals surface area (Å²) in [5, 5.41) is 8.69. The molecule has 0 saturated heterocycles. The summed E-state index contributed by atoms with van der Waals surface area (Å²) in [4.78, 5) is 14.3. The van der Waals surface area contributed by atoms with Gasteiger partial charge in [-0.25, -0.2) is 4.79 Å². The van der Waals surface area contributed by atoms with Crippen molar-refractivity contribution in [2.45, 2.75) is 6.42 Å². The molecule has 0 radical (unpaired) electrons. The number of ether oxygens (including phenoxy) is 2. The van der Waals surface area contributed by atoms with Crippen LogP contribution in [0.4, 0.5) is 0 Å². The number of rotatable bonds is 6. The topological polar surface area (TPSA) is 81.8 Å². The monoisotopic (exact) mass is 263 g/mol. The third-order valence-corrected chi connectivity index (χ3v) is 2.43. The molecule has 0 aliphatic heterocycles. The summed E-state index contributed by atoms with van der Waals surface area (Å²) in [5.74, 6) is -0.631. The minimum absolute atomic E-state index is 0.0953. The number of oxazole rings is 1. The Morgan fingerprint density at radius 2 is 2.11 bits per heavy atom. The molecule has 6 nitrogen and oxygen atoms in total. The highest BCUT2D eigenvalue weighted by Crippen LogP contribution is 2.21. The maximum absolute atomic E-state index is 10.6. The Kier molecular flexibility index (Phi) is 4.15. The highest BCUT2D eigenvalue weighted by Gasteiger charge is 2.11. The molecule has 1 N–H and O–H groups in total. The van der Waals surface area contributed by atoms with Crippen LogP contribution in [0.5, 0.6) is 11.8 Å². The molecular formula is C13H13NO5. The van der Waals surface area contributed by atoms with Crippen LogP contribution in [-0.4, -0.2) is 29.8 Å². The van der Waals surface area contributed by atoms with Gasteiger partial charge < -0.3 is 19.0 Å². The first-order valence-electron chi connectivity index (χ1n) is 5.63. The Morgan fingerprint density at radius 3 is 2.68 bits per heavy atom. The van der Waals surface area contributed by atoms with Gasteiger partial charge >= 0.3 is 12.0 Å². The molecule has 0 fully saturated rings. The number of aromatic carboxylic acids is 1. The number of nitrogens with zero attached hydrogens (tertiary/aromatic N) is 1. The summed E-state index contributed by atoms with van der Waals surface area (Å²) in [7, 11) is 1.65. The molecule has 2 rings (SSSR count). The van der Waals surface area contributed by atoms with Gasteiger partial charge in [-0.2, -0.15) is 4.98 Å². The Labute approximate surface area is 109 Å². The van der Waals surface area contributed by atoms with Crippen molar-refractivity contribution in [2.75, 3.05) is 13.7 Å². The van der Waals surface area contributed by atoms with E-state index in [0.717, 1.165) is 18.2 Å². The molecule has 0 aliphatic carbocycles. The molecule has 1 aromatic carbocycles. The average molecular weight is 263 g/mol. The summed E-state index contributed by atoms with van der Waals surface area (Å²) in [6, 6.07) is 7.32. The third-order valence-electron chi connectivity index (χ3n) is 2.43. The number of carboxylic acid groups (broad SMARTS) is 1. The van der Waals surface area contributed by atoms with E-state index in [1.165, 1.54) is 0 Å². The van der Waals surface area contributed by atoms with E-state index >= 15 is 0 Å². The minimum Gasteiger partial charge on any atom is -0.476 e. The van der Waals surface area contributed by atoms with Gasteiger partial charge in [0, 0.05) is 7.11 Å². The molecule has 1 heterocycles. The average Bonchev–Trinajstić information content (AvgIpc) is 2.87. The lowest BCUT2D eigenvalue weighted by Gasteiger charge is -2.03. The fourth-order valence-corrected chi connectivity index (χ4v) is 1.45. The largest absolute Gasteiger partial charge is 0.476 e. The standard InChI is InChI=1S/C13H13NO5/c1-17-7-6-9-2-4-10(5-3-9)19-13-14-11(8-18-13)12(15)16/h2-5,8H,6-7H2,1H3,(H,15,16). The van der Waals surface area contributed by atoms with Crippen molar-refractivity contribution in [3.8, 4) is 11.8 Å². The molecule has 6 heteroatoms. The predicted molar refractivity (Wildman–Crippen MR) is 65.6 cm³/mol. The van der Waals surface area contributed by atoms with Crippen LogP contribution in [0.3, 0.4) is 0 Å². The van der Waals surface area contributed by atoms with Crippen molar-refractivity contribution in [1.82, 2.24) is 4.98 Å². The van der Waals surface area contributed by atoms with Crippen molar-refractivity contribution in [3.05, 3.63) is 41.8 Å². The number of carboxylic acids is 1. The summed E-state index contributed by atoms with van der Waals surface area (Å²) in [6.07, 6.45) is 1.76. The van der Waals surface area contributed by atoms with Gasteiger partial charge in [-0.1, -0.05) is 12.1 Å². The van der Waals surface area contributed by atoms with E-state index in [1.54, 1.807) is 19.2 Å². The molecule has 0 unspecified atom stereocenters. The molecule has 2 aromatic rings. The van der Waals surface area contributed by atoms with Crippen LogP contribution in [-0.2, 0) is 11.2 Å². The second-order valence-corrected chi connectivity index (χ2v) is 3.79. The molecule has 0 aliphatic rings. The van der Waals surface area contributed by atoms with Gasteiger partial charge in [0.1, 0.15) is 12.0 Å². The van der Waals surface area contributed by atoms with Crippen LogP contribution >= 0.6 is 0 Å². The summed E-state index contributed by atoms with van der Waals surface area (Å²) in [6.45, 7) is 0.655. The van der Waals surface area contributed by atoms with Crippen LogP contribution in [0.15, 0.2) is 34.9 Å². The van der Waals surface area contributed by atoms with E-state index in [4.69, 9.17) is 19.0 Å². The highest BCUT2D eigenvalue weighted by atomic mass is 16.6. The number of aromatic nitrogens is 1. The van der Waals surface area contributed by atoms with Gasteiger partial charge in [-0.3, -0.25) is 0 Å². The second kappa shape index (κ2) is 6.01. The van der Waals surface area contributed by atoms with Gasteiger partial charge in [0.15, 0.2) is 5.69 Å². The van der Waals surface area contributed by atoms with Crippen molar-refractivity contribution >= 4 is 5.97 Å². The van der Waals surface area contributed by atoms with Gasteiger partial charge in [-0.15, -0.1) is 0 Å².